The minimum absolute atomic E-state index is 0.0698. The number of aliphatic hydroxyl groups excluding tert-OH is 2. The third kappa shape index (κ3) is 53.4. The summed E-state index contributed by atoms with van der Waals surface area (Å²) in [6.07, 6.45) is 77.7. The summed E-state index contributed by atoms with van der Waals surface area (Å²) in [5.74, 6) is -0.0698. The molecule has 0 aromatic heterocycles. The monoisotopic (exact) mass is 912 g/mol. The van der Waals surface area contributed by atoms with Gasteiger partial charge in [-0.15, -0.1) is 0 Å². The largest absolute Gasteiger partial charge is 0.394 e. The lowest BCUT2D eigenvalue weighted by molar-refractivity contribution is -0.123. The average molecular weight is 913 g/mol. The van der Waals surface area contributed by atoms with E-state index in [1.807, 2.05) is 6.08 Å². The van der Waals surface area contributed by atoms with Crippen molar-refractivity contribution >= 4 is 5.91 Å². The van der Waals surface area contributed by atoms with Gasteiger partial charge in [0.05, 0.1) is 18.8 Å². The predicted molar refractivity (Wildman–Crippen MR) is 290 cm³/mol. The molecular formula is C61H117NO3. The molecule has 384 valence electrons. The van der Waals surface area contributed by atoms with E-state index in [4.69, 9.17) is 0 Å². The fourth-order valence-corrected chi connectivity index (χ4v) is 9.31. The molecule has 0 rings (SSSR count). The summed E-state index contributed by atoms with van der Waals surface area (Å²) in [6.45, 7) is 4.32. The third-order valence-electron chi connectivity index (χ3n) is 13.8. The Morgan fingerprint density at radius 3 is 0.892 bits per heavy atom. The van der Waals surface area contributed by atoms with E-state index in [1.54, 1.807) is 6.08 Å². The van der Waals surface area contributed by atoms with Crippen LogP contribution < -0.4 is 5.32 Å². The fraction of sp³-hybridized carbons (Fsp3) is 0.885. The summed E-state index contributed by atoms with van der Waals surface area (Å²) in [4.78, 5) is 12.4. The SMILES string of the molecule is CCCCCCCCCC/C=C/CC/C=C/C(O)C(CO)NC(=O)CCCCCCCCCCCCCCCCCCC/C=C\CCCCCCCCCCCCCCCCCCCC. The molecule has 2 unspecified atom stereocenters. The van der Waals surface area contributed by atoms with Gasteiger partial charge in [-0.25, -0.2) is 0 Å². The Bertz CT molecular complexity index is 989. The fourth-order valence-electron chi connectivity index (χ4n) is 9.31. The van der Waals surface area contributed by atoms with Gasteiger partial charge in [0.2, 0.25) is 5.91 Å². The molecule has 0 aliphatic carbocycles. The topological polar surface area (TPSA) is 69.6 Å². The van der Waals surface area contributed by atoms with Gasteiger partial charge in [0.15, 0.2) is 0 Å². The first-order chi connectivity index (χ1) is 32.2. The quantitative estimate of drug-likeness (QED) is 0.0421. The molecule has 2 atom stereocenters. The minimum Gasteiger partial charge on any atom is -0.394 e. The number of allylic oxidation sites excluding steroid dienone is 5. The van der Waals surface area contributed by atoms with Crippen LogP contribution in [0.25, 0.3) is 0 Å². The maximum Gasteiger partial charge on any atom is 0.220 e. The standard InChI is InChI=1S/C61H117NO3/c1-3-5-7-9-11-13-15-17-19-20-21-22-23-24-25-26-27-28-29-30-31-32-33-34-35-36-37-38-39-40-41-42-43-45-47-49-51-53-55-57-61(65)62-59(58-63)60(64)56-54-52-50-48-46-44-18-16-14-12-10-8-6-4-2/h30-31,46,48,54,56,59-60,63-64H,3-29,32-45,47,49-53,55,57-58H2,1-2H3,(H,62,65)/b31-30-,48-46+,56-54+. The number of aliphatic hydroxyl groups is 2. The van der Waals surface area contributed by atoms with Crippen LogP contribution in [-0.4, -0.2) is 34.9 Å². The van der Waals surface area contributed by atoms with Gasteiger partial charge in [-0.3, -0.25) is 4.79 Å². The van der Waals surface area contributed by atoms with Crippen molar-refractivity contribution in [2.45, 2.75) is 341 Å². The number of carbonyl (C=O) groups excluding carboxylic acids is 1. The van der Waals surface area contributed by atoms with Crippen LogP contribution in [0.3, 0.4) is 0 Å². The third-order valence-corrected chi connectivity index (χ3v) is 13.8. The molecule has 0 bridgehead atoms. The molecule has 0 spiro atoms. The Hall–Kier alpha value is -1.39. The Kier molecular flexibility index (Phi) is 55.7. The summed E-state index contributed by atoms with van der Waals surface area (Å²) < 4.78 is 0. The van der Waals surface area contributed by atoms with E-state index < -0.39 is 12.1 Å². The van der Waals surface area contributed by atoms with Crippen LogP contribution >= 0.6 is 0 Å². The molecule has 0 aromatic carbocycles. The van der Waals surface area contributed by atoms with Crippen LogP contribution in [0.15, 0.2) is 36.5 Å². The summed E-state index contributed by atoms with van der Waals surface area (Å²) in [5, 5.41) is 23.1. The Morgan fingerprint density at radius 2 is 0.600 bits per heavy atom. The van der Waals surface area contributed by atoms with Crippen molar-refractivity contribution in [2.24, 2.45) is 0 Å². The second-order valence-electron chi connectivity index (χ2n) is 20.4. The van der Waals surface area contributed by atoms with Gasteiger partial charge in [0.1, 0.15) is 0 Å². The lowest BCUT2D eigenvalue weighted by Crippen LogP contribution is -2.45. The van der Waals surface area contributed by atoms with Crippen molar-refractivity contribution in [2.75, 3.05) is 6.61 Å². The number of carbonyl (C=O) groups is 1. The highest BCUT2D eigenvalue weighted by Crippen LogP contribution is 2.17. The van der Waals surface area contributed by atoms with Gasteiger partial charge < -0.3 is 15.5 Å². The molecule has 3 N–H and O–H groups in total. The Labute approximate surface area is 408 Å². The molecular weight excluding hydrogens is 795 g/mol. The summed E-state index contributed by atoms with van der Waals surface area (Å²) >= 11 is 0. The highest BCUT2D eigenvalue weighted by Gasteiger charge is 2.18. The zero-order valence-electron chi connectivity index (χ0n) is 44.3. The first kappa shape index (κ1) is 63.6. The first-order valence-corrected chi connectivity index (χ1v) is 29.7. The van der Waals surface area contributed by atoms with Crippen molar-refractivity contribution in [3.05, 3.63) is 36.5 Å². The van der Waals surface area contributed by atoms with Crippen molar-refractivity contribution < 1.29 is 15.0 Å². The van der Waals surface area contributed by atoms with Crippen molar-refractivity contribution in [3.8, 4) is 0 Å². The molecule has 0 saturated heterocycles. The van der Waals surface area contributed by atoms with Crippen molar-refractivity contribution in [1.29, 1.82) is 0 Å². The van der Waals surface area contributed by atoms with Gasteiger partial charge >= 0.3 is 0 Å². The number of nitrogens with one attached hydrogen (secondary N) is 1. The highest BCUT2D eigenvalue weighted by molar-refractivity contribution is 5.76. The summed E-state index contributed by atoms with van der Waals surface area (Å²) in [7, 11) is 0. The van der Waals surface area contributed by atoms with E-state index in [9.17, 15) is 15.0 Å². The van der Waals surface area contributed by atoms with Gasteiger partial charge in [-0.2, -0.15) is 0 Å². The Morgan fingerprint density at radius 1 is 0.354 bits per heavy atom. The van der Waals surface area contributed by atoms with E-state index in [0.717, 1.165) is 32.1 Å². The van der Waals surface area contributed by atoms with E-state index in [0.29, 0.717) is 6.42 Å². The van der Waals surface area contributed by atoms with Crippen molar-refractivity contribution in [1.82, 2.24) is 5.32 Å². The van der Waals surface area contributed by atoms with E-state index in [2.05, 4.69) is 43.5 Å². The molecule has 0 aliphatic heterocycles. The maximum atomic E-state index is 12.4. The first-order valence-electron chi connectivity index (χ1n) is 29.7. The van der Waals surface area contributed by atoms with Crippen molar-refractivity contribution in [3.63, 3.8) is 0 Å². The summed E-state index contributed by atoms with van der Waals surface area (Å²) in [6, 6.07) is -0.637. The second-order valence-corrected chi connectivity index (χ2v) is 20.4. The van der Waals surface area contributed by atoms with Gasteiger partial charge in [0, 0.05) is 6.42 Å². The molecule has 0 aromatic rings. The number of hydrogen-bond donors (Lipinski definition) is 3. The lowest BCUT2D eigenvalue weighted by Gasteiger charge is -2.19. The molecule has 0 radical (unpaired) electrons. The van der Waals surface area contributed by atoms with Gasteiger partial charge in [0.25, 0.3) is 0 Å². The predicted octanol–water partition coefficient (Wildman–Crippen LogP) is 19.6. The average Bonchev–Trinajstić information content (AvgIpc) is 3.31. The van der Waals surface area contributed by atoms with Gasteiger partial charge in [-0.05, 0) is 57.8 Å². The Balaban J connectivity index is 3.39. The van der Waals surface area contributed by atoms with E-state index in [-0.39, 0.29) is 12.5 Å². The second kappa shape index (κ2) is 56.9. The number of hydrogen-bond acceptors (Lipinski definition) is 3. The molecule has 1 amide bonds. The lowest BCUT2D eigenvalue weighted by atomic mass is 10.0. The number of unbranched alkanes of at least 4 members (excludes halogenated alkanes) is 44. The molecule has 4 heteroatoms. The van der Waals surface area contributed by atoms with E-state index in [1.165, 1.54) is 276 Å². The smallest absolute Gasteiger partial charge is 0.220 e. The molecule has 65 heavy (non-hydrogen) atoms. The summed E-state index contributed by atoms with van der Waals surface area (Å²) in [5.41, 5.74) is 0. The van der Waals surface area contributed by atoms with Crippen LogP contribution in [0.2, 0.25) is 0 Å². The molecule has 0 saturated carbocycles. The molecule has 0 aliphatic rings. The van der Waals surface area contributed by atoms with Crippen LogP contribution in [0.5, 0.6) is 0 Å². The normalized spacial score (nSPS) is 13.0. The zero-order chi connectivity index (χ0) is 47.0. The highest BCUT2D eigenvalue weighted by atomic mass is 16.3. The van der Waals surface area contributed by atoms with Crippen LogP contribution in [0, 0.1) is 0 Å². The van der Waals surface area contributed by atoms with Crippen LogP contribution in [0.4, 0.5) is 0 Å². The maximum absolute atomic E-state index is 12.4. The molecule has 4 nitrogen and oxygen atoms in total. The van der Waals surface area contributed by atoms with Crippen LogP contribution in [0.1, 0.15) is 328 Å². The number of amides is 1. The minimum atomic E-state index is -0.860. The molecule has 0 heterocycles. The zero-order valence-corrected chi connectivity index (χ0v) is 44.3. The number of rotatable bonds is 55. The van der Waals surface area contributed by atoms with Crippen LogP contribution in [-0.2, 0) is 4.79 Å². The van der Waals surface area contributed by atoms with E-state index >= 15 is 0 Å². The molecule has 0 fully saturated rings. The van der Waals surface area contributed by atoms with Gasteiger partial charge in [-0.1, -0.05) is 301 Å².